The van der Waals surface area contributed by atoms with E-state index in [4.69, 9.17) is 21.1 Å². The van der Waals surface area contributed by atoms with Crippen molar-refractivity contribution in [3.05, 3.63) is 35.0 Å². The predicted molar refractivity (Wildman–Crippen MR) is 90.9 cm³/mol. The zero-order valence-electron chi connectivity index (χ0n) is 13.6. The largest absolute Gasteiger partial charge is 0.497 e. The van der Waals surface area contributed by atoms with Crippen LogP contribution in [0.5, 0.6) is 5.75 Å². The molecule has 1 amide bonds. The Morgan fingerprint density at radius 1 is 1.30 bits per heavy atom. The Hall–Kier alpha value is -1.85. The van der Waals surface area contributed by atoms with Crippen molar-refractivity contribution in [2.75, 3.05) is 27.4 Å². The molecule has 0 N–H and O–H groups in total. The Kier molecular flexibility index (Phi) is 6.19. The highest BCUT2D eigenvalue weighted by Gasteiger charge is 2.15. The summed E-state index contributed by atoms with van der Waals surface area (Å²) in [5, 5.41) is 1.36. The van der Waals surface area contributed by atoms with E-state index in [0.717, 1.165) is 22.2 Å². The molecule has 0 spiro atoms. The molecule has 6 heteroatoms. The summed E-state index contributed by atoms with van der Waals surface area (Å²) in [6.07, 6.45) is 0.444. The van der Waals surface area contributed by atoms with Gasteiger partial charge in [0.1, 0.15) is 10.9 Å². The van der Waals surface area contributed by atoms with Gasteiger partial charge in [0, 0.05) is 43.6 Å². The third-order valence-electron chi connectivity index (χ3n) is 3.63. The van der Waals surface area contributed by atoms with Crippen LogP contribution in [-0.2, 0) is 16.1 Å². The number of halogens is 1. The van der Waals surface area contributed by atoms with Crippen molar-refractivity contribution in [3.63, 3.8) is 0 Å². The Labute approximate surface area is 141 Å². The van der Waals surface area contributed by atoms with E-state index in [1.54, 1.807) is 19.1 Å². The fraction of sp³-hybridized carbons (Fsp3) is 0.412. The van der Waals surface area contributed by atoms with Crippen molar-refractivity contribution in [1.82, 2.24) is 9.88 Å². The van der Waals surface area contributed by atoms with Crippen LogP contribution in [0.4, 0.5) is 0 Å². The maximum absolute atomic E-state index is 12.1. The van der Waals surface area contributed by atoms with Gasteiger partial charge in [-0.15, -0.1) is 0 Å². The monoisotopic (exact) mass is 336 g/mol. The standard InChI is InChI=1S/C17H21ClN2O3/c1-4-16(21)20(7-8-22-2)11-13-9-12-5-6-14(23-3)10-15(12)19-17(13)18/h5-6,9-10H,4,7-8,11H2,1-3H3. The van der Waals surface area contributed by atoms with Crippen molar-refractivity contribution >= 4 is 28.4 Å². The van der Waals surface area contributed by atoms with Crippen LogP contribution < -0.4 is 4.74 Å². The topological polar surface area (TPSA) is 51.7 Å². The van der Waals surface area contributed by atoms with Crippen molar-refractivity contribution in [3.8, 4) is 5.75 Å². The molecule has 23 heavy (non-hydrogen) atoms. The lowest BCUT2D eigenvalue weighted by Crippen LogP contribution is -2.33. The fourth-order valence-electron chi connectivity index (χ4n) is 2.33. The zero-order chi connectivity index (χ0) is 16.8. The first-order valence-corrected chi connectivity index (χ1v) is 7.86. The second kappa shape index (κ2) is 8.13. The second-order valence-corrected chi connectivity index (χ2v) is 5.52. The molecule has 5 nitrogen and oxygen atoms in total. The smallest absolute Gasteiger partial charge is 0.222 e. The molecule has 0 bridgehead atoms. The van der Waals surface area contributed by atoms with Gasteiger partial charge in [0.05, 0.1) is 19.2 Å². The third-order valence-corrected chi connectivity index (χ3v) is 3.96. The number of hydrogen-bond acceptors (Lipinski definition) is 4. The summed E-state index contributed by atoms with van der Waals surface area (Å²) < 4.78 is 10.3. The molecule has 1 aromatic heterocycles. The first kappa shape index (κ1) is 17.5. The number of benzene rings is 1. The van der Waals surface area contributed by atoms with E-state index in [9.17, 15) is 4.79 Å². The number of pyridine rings is 1. The minimum absolute atomic E-state index is 0.0629. The molecule has 0 saturated carbocycles. The van der Waals surface area contributed by atoms with Crippen LogP contribution >= 0.6 is 11.6 Å². The summed E-state index contributed by atoms with van der Waals surface area (Å²) in [5.74, 6) is 0.796. The molecule has 0 fully saturated rings. The van der Waals surface area contributed by atoms with Gasteiger partial charge >= 0.3 is 0 Å². The lowest BCUT2D eigenvalue weighted by molar-refractivity contribution is -0.132. The van der Waals surface area contributed by atoms with E-state index >= 15 is 0 Å². The van der Waals surface area contributed by atoms with Gasteiger partial charge in [-0.05, 0) is 18.2 Å². The number of methoxy groups -OCH3 is 2. The van der Waals surface area contributed by atoms with Gasteiger partial charge in [0.2, 0.25) is 5.91 Å². The van der Waals surface area contributed by atoms with Crippen LogP contribution in [0.15, 0.2) is 24.3 Å². The van der Waals surface area contributed by atoms with E-state index < -0.39 is 0 Å². The van der Waals surface area contributed by atoms with Crippen molar-refractivity contribution in [2.45, 2.75) is 19.9 Å². The Bertz CT molecular complexity index is 691. The molecule has 124 valence electrons. The number of carbonyl (C=O) groups is 1. The number of aromatic nitrogens is 1. The molecule has 0 unspecified atom stereocenters. The average molecular weight is 337 g/mol. The van der Waals surface area contributed by atoms with E-state index in [-0.39, 0.29) is 5.91 Å². The molecule has 2 rings (SSSR count). The van der Waals surface area contributed by atoms with Crippen molar-refractivity contribution < 1.29 is 14.3 Å². The molecular formula is C17H21ClN2O3. The van der Waals surface area contributed by atoms with Crippen molar-refractivity contribution in [2.24, 2.45) is 0 Å². The van der Waals surface area contributed by atoms with E-state index in [1.807, 2.05) is 31.2 Å². The lowest BCUT2D eigenvalue weighted by Gasteiger charge is -2.22. The van der Waals surface area contributed by atoms with Gasteiger partial charge in [-0.25, -0.2) is 4.98 Å². The van der Waals surface area contributed by atoms with E-state index in [0.29, 0.717) is 31.3 Å². The molecule has 0 saturated heterocycles. The fourth-order valence-corrected chi connectivity index (χ4v) is 2.53. The van der Waals surface area contributed by atoms with Crippen LogP contribution in [0, 0.1) is 0 Å². The maximum atomic E-state index is 12.1. The number of rotatable bonds is 7. The van der Waals surface area contributed by atoms with Gasteiger partial charge in [-0.2, -0.15) is 0 Å². The molecule has 0 aliphatic carbocycles. The van der Waals surface area contributed by atoms with Crippen molar-refractivity contribution in [1.29, 1.82) is 0 Å². The summed E-state index contributed by atoms with van der Waals surface area (Å²) in [6.45, 7) is 3.28. The Morgan fingerprint density at radius 3 is 2.74 bits per heavy atom. The summed E-state index contributed by atoms with van der Waals surface area (Å²) >= 11 is 6.30. The van der Waals surface area contributed by atoms with Gasteiger partial charge in [-0.3, -0.25) is 4.79 Å². The lowest BCUT2D eigenvalue weighted by atomic mass is 10.1. The zero-order valence-corrected chi connectivity index (χ0v) is 14.4. The number of ether oxygens (including phenoxy) is 2. The third kappa shape index (κ3) is 4.33. The summed E-state index contributed by atoms with van der Waals surface area (Å²) in [4.78, 5) is 18.2. The minimum atomic E-state index is 0.0629. The quantitative estimate of drug-likeness (QED) is 0.728. The van der Waals surface area contributed by atoms with Gasteiger partial charge in [0.15, 0.2) is 0 Å². The SMILES string of the molecule is CCC(=O)N(CCOC)Cc1cc2ccc(OC)cc2nc1Cl. The average Bonchev–Trinajstić information content (AvgIpc) is 2.57. The number of amides is 1. The molecule has 0 aliphatic rings. The second-order valence-electron chi connectivity index (χ2n) is 5.16. The number of hydrogen-bond donors (Lipinski definition) is 0. The number of nitrogens with zero attached hydrogens (tertiary/aromatic N) is 2. The minimum Gasteiger partial charge on any atom is -0.497 e. The highest BCUT2D eigenvalue weighted by Crippen LogP contribution is 2.25. The van der Waals surface area contributed by atoms with Crippen LogP contribution in [-0.4, -0.2) is 43.2 Å². The summed E-state index contributed by atoms with van der Waals surface area (Å²) in [6, 6.07) is 7.61. The molecule has 2 aromatic rings. The van der Waals surface area contributed by atoms with Crippen LogP contribution in [0.2, 0.25) is 5.15 Å². The van der Waals surface area contributed by atoms with Gasteiger partial charge < -0.3 is 14.4 Å². The highest BCUT2D eigenvalue weighted by atomic mass is 35.5. The molecule has 0 aliphatic heterocycles. The molecule has 0 radical (unpaired) electrons. The Morgan fingerprint density at radius 2 is 2.09 bits per heavy atom. The highest BCUT2D eigenvalue weighted by molar-refractivity contribution is 6.30. The van der Waals surface area contributed by atoms with Crippen LogP contribution in [0.1, 0.15) is 18.9 Å². The maximum Gasteiger partial charge on any atom is 0.222 e. The first-order valence-electron chi connectivity index (χ1n) is 7.49. The van der Waals surface area contributed by atoms with Gasteiger partial charge in [0.25, 0.3) is 0 Å². The van der Waals surface area contributed by atoms with E-state index in [2.05, 4.69) is 4.98 Å². The number of fused-ring (bicyclic) bond motifs is 1. The Balaban J connectivity index is 2.30. The molecular weight excluding hydrogens is 316 g/mol. The molecule has 1 aromatic carbocycles. The number of carbonyl (C=O) groups excluding carboxylic acids is 1. The normalized spacial score (nSPS) is 10.8. The summed E-state index contributed by atoms with van der Waals surface area (Å²) in [5.41, 5.74) is 1.59. The van der Waals surface area contributed by atoms with Crippen LogP contribution in [0.25, 0.3) is 10.9 Å². The first-order chi connectivity index (χ1) is 11.1. The van der Waals surface area contributed by atoms with Gasteiger partial charge in [-0.1, -0.05) is 18.5 Å². The molecule has 0 atom stereocenters. The van der Waals surface area contributed by atoms with Crippen LogP contribution in [0.3, 0.4) is 0 Å². The molecule has 1 heterocycles. The van der Waals surface area contributed by atoms with E-state index in [1.165, 1.54) is 0 Å². The predicted octanol–water partition coefficient (Wildman–Crippen LogP) is 3.28. The summed E-state index contributed by atoms with van der Waals surface area (Å²) in [7, 11) is 3.23.